The first kappa shape index (κ1) is 11.8. The average molecular weight is 232 g/mol. The van der Waals surface area contributed by atoms with Gasteiger partial charge in [0.1, 0.15) is 18.3 Å². The number of fused-ring (bicyclic) bond motifs is 2. The second-order valence-electron chi connectivity index (χ2n) is 3.85. The highest BCUT2D eigenvalue weighted by molar-refractivity contribution is 5.66. The first-order valence-electron chi connectivity index (χ1n) is 5.17. The van der Waals surface area contributed by atoms with Gasteiger partial charge in [-0.25, -0.2) is 0 Å². The fraction of sp³-hybridized carbons (Fsp3) is 0.900. The van der Waals surface area contributed by atoms with E-state index in [0.717, 1.165) is 0 Å². The monoisotopic (exact) mass is 232 g/mol. The Morgan fingerprint density at radius 1 is 1.19 bits per heavy atom. The van der Waals surface area contributed by atoms with E-state index in [1.54, 1.807) is 7.11 Å². The number of carbonyl (C=O) groups excluding carboxylic acids is 1. The van der Waals surface area contributed by atoms with Crippen LogP contribution in [0.1, 0.15) is 6.92 Å². The van der Waals surface area contributed by atoms with Gasteiger partial charge in [0.25, 0.3) is 0 Å². The van der Waals surface area contributed by atoms with Crippen molar-refractivity contribution in [2.24, 2.45) is 0 Å². The number of esters is 1. The summed E-state index contributed by atoms with van der Waals surface area (Å²) in [6, 6.07) is 0. The molecule has 0 unspecified atom stereocenters. The third kappa shape index (κ3) is 1.93. The summed E-state index contributed by atoms with van der Waals surface area (Å²) in [5, 5.41) is 0. The van der Waals surface area contributed by atoms with Gasteiger partial charge in [-0.1, -0.05) is 0 Å². The molecule has 0 radical (unpaired) electrons. The smallest absolute Gasteiger partial charge is 0.303 e. The molecule has 2 heterocycles. The number of ether oxygens (including phenoxy) is 5. The Hall–Kier alpha value is -0.690. The lowest BCUT2D eigenvalue weighted by atomic mass is 10.0. The fourth-order valence-corrected chi connectivity index (χ4v) is 2.20. The van der Waals surface area contributed by atoms with Gasteiger partial charge in [-0.05, 0) is 0 Å². The van der Waals surface area contributed by atoms with Crippen LogP contribution in [0, 0.1) is 0 Å². The number of hydrogen-bond acceptors (Lipinski definition) is 6. The Balaban J connectivity index is 2.17. The number of methoxy groups -OCH3 is 2. The molecule has 16 heavy (non-hydrogen) atoms. The van der Waals surface area contributed by atoms with Gasteiger partial charge in [0.15, 0.2) is 12.4 Å². The van der Waals surface area contributed by atoms with Crippen molar-refractivity contribution in [1.29, 1.82) is 0 Å². The van der Waals surface area contributed by atoms with Crippen LogP contribution in [-0.4, -0.2) is 57.5 Å². The number of carbonyl (C=O) groups is 1. The molecule has 0 aromatic rings. The Morgan fingerprint density at radius 3 is 2.44 bits per heavy atom. The second-order valence-corrected chi connectivity index (χ2v) is 3.85. The van der Waals surface area contributed by atoms with E-state index < -0.39 is 18.5 Å². The summed E-state index contributed by atoms with van der Waals surface area (Å²) >= 11 is 0. The Bertz CT molecular complexity index is 250. The van der Waals surface area contributed by atoms with Crippen LogP contribution in [0.4, 0.5) is 0 Å². The highest BCUT2D eigenvalue weighted by atomic mass is 16.8. The van der Waals surface area contributed by atoms with Crippen LogP contribution >= 0.6 is 0 Å². The zero-order valence-electron chi connectivity index (χ0n) is 9.54. The van der Waals surface area contributed by atoms with Crippen LogP contribution in [0.3, 0.4) is 0 Å². The molecule has 0 N–H and O–H groups in total. The van der Waals surface area contributed by atoms with Crippen LogP contribution in [-0.2, 0) is 28.5 Å². The average Bonchev–Trinajstić information content (AvgIpc) is 2.64. The highest BCUT2D eigenvalue weighted by Gasteiger charge is 2.53. The Morgan fingerprint density at radius 2 is 1.88 bits per heavy atom. The maximum Gasteiger partial charge on any atom is 0.303 e. The molecule has 6 nitrogen and oxygen atoms in total. The third-order valence-corrected chi connectivity index (χ3v) is 2.86. The van der Waals surface area contributed by atoms with Crippen molar-refractivity contribution in [1.82, 2.24) is 0 Å². The molecule has 92 valence electrons. The normalized spacial score (nSPS) is 42.1. The molecule has 2 saturated heterocycles. The van der Waals surface area contributed by atoms with Gasteiger partial charge in [-0.15, -0.1) is 0 Å². The lowest BCUT2D eigenvalue weighted by molar-refractivity contribution is -0.248. The molecular weight excluding hydrogens is 216 g/mol. The van der Waals surface area contributed by atoms with Crippen LogP contribution in [0.2, 0.25) is 0 Å². The molecule has 0 spiro atoms. The standard InChI is InChI=1S/C10H16O6/c1-5(11)15-8-7(12-2)6-4-14-10(16-6)9(8)13-3/h6-10H,4H2,1-3H3/t6-,7-,8+,9-,10-/m1/s1. The van der Waals surface area contributed by atoms with Crippen molar-refractivity contribution >= 4 is 5.97 Å². The summed E-state index contributed by atoms with van der Waals surface area (Å²) in [6.45, 7) is 1.79. The quantitative estimate of drug-likeness (QED) is 0.623. The van der Waals surface area contributed by atoms with Gasteiger partial charge < -0.3 is 23.7 Å². The highest BCUT2D eigenvalue weighted by Crippen LogP contribution is 2.32. The van der Waals surface area contributed by atoms with Gasteiger partial charge >= 0.3 is 5.97 Å². The van der Waals surface area contributed by atoms with Gasteiger partial charge in [0.05, 0.1) is 6.61 Å². The topological polar surface area (TPSA) is 63.2 Å². The Labute approximate surface area is 93.7 Å². The zero-order chi connectivity index (χ0) is 11.7. The van der Waals surface area contributed by atoms with Gasteiger partial charge in [0, 0.05) is 21.1 Å². The molecule has 0 aromatic heterocycles. The predicted octanol–water partition coefficient (Wildman–Crippen LogP) is -0.297. The first-order chi connectivity index (χ1) is 7.67. The van der Waals surface area contributed by atoms with Gasteiger partial charge in [-0.2, -0.15) is 0 Å². The number of hydrogen-bond donors (Lipinski definition) is 0. The van der Waals surface area contributed by atoms with Crippen LogP contribution < -0.4 is 0 Å². The van der Waals surface area contributed by atoms with Crippen molar-refractivity contribution in [2.45, 2.75) is 37.6 Å². The van der Waals surface area contributed by atoms with Crippen molar-refractivity contribution in [3.05, 3.63) is 0 Å². The number of rotatable bonds is 3. The third-order valence-electron chi connectivity index (χ3n) is 2.86. The molecule has 2 aliphatic rings. The van der Waals surface area contributed by atoms with Crippen molar-refractivity contribution in [2.75, 3.05) is 20.8 Å². The molecule has 2 rings (SSSR count). The predicted molar refractivity (Wildman–Crippen MR) is 51.8 cm³/mol. The van der Waals surface area contributed by atoms with E-state index in [9.17, 15) is 4.79 Å². The minimum atomic E-state index is -0.487. The van der Waals surface area contributed by atoms with E-state index in [1.165, 1.54) is 14.0 Å². The molecule has 0 aromatic carbocycles. The van der Waals surface area contributed by atoms with Crippen molar-refractivity contribution < 1.29 is 28.5 Å². The first-order valence-corrected chi connectivity index (χ1v) is 5.17. The van der Waals surface area contributed by atoms with Crippen molar-refractivity contribution in [3.8, 4) is 0 Å². The van der Waals surface area contributed by atoms with Crippen LogP contribution in [0.5, 0.6) is 0 Å². The summed E-state index contributed by atoms with van der Waals surface area (Å²) in [5.41, 5.74) is 0. The van der Waals surface area contributed by atoms with E-state index in [0.29, 0.717) is 6.61 Å². The molecule has 5 atom stereocenters. The second kappa shape index (κ2) is 4.67. The summed E-state index contributed by atoms with van der Waals surface area (Å²) in [5.74, 6) is -0.365. The zero-order valence-corrected chi connectivity index (χ0v) is 9.54. The summed E-state index contributed by atoms with van der Waals surface area (Å²) in [7, 11) is 3.08. The van der Waals surface area contributed by atoms with Gasteiger partial charge in [-0.3, -0.25) is 4.79 Å². The van der Waals surface area contributed by atoms with Crippen LogP contribution in [0.15, 0.2) is 0 Å². The molecule has 0 aliphatic carbocycles. The molecule has 0 saturated carbocycles. The summed E-state index contributed by atoms with van der Waals surface area (Å²) in [4.78, 5) is 11.1. The molecule has 2 fully saturated rings. The summed E-state index contributed by atoms with van der Waals surface area (Å²) < 4.78 is 26.8. The summed E-state index contributed by atoms with van der Waals surface area (Å²) in [6.07, 6.45) is -1.98. The molecule has 2 bridgehead atoms. The van der Waals surface area contributed by atoms with Crippen molar-refractivity contribution in [3.63, 3.8) is 0 Å². The molecule has 0 amide bonds. The van der Waals surface area contributed by atoms with Crippen LogP contribution in [0.25, 0.3) is 0 Å². The SMILES string of the molecule is CO[C@H]1[C@@H]2OC[C@@H](O2)[C@@H](OC)[C@@H]1OC(C)=O. The maximum atomic E-state index is 11.1. The van der Waals surface area contributed by atoms with E-state index >= 15 is 0 Å². The molecule has 2 aliphatic heterocycles. The lowest BCUT2D eigenvalue weighted by Gasteiger charge is -2.38. The van der Waals surface area contributed by atoms with E-state index in [-0.39, 0.29) is 18.2 Å². The van der Waals surface area contributed by atoms with Gasteiger partial charge in [0.2, 0.25) is 0 Å². The largest absolute Gasteiger partial charge is 0.457 e. The Kier molecular flexibility index (Phi) is 3.44. The fourth-order valence-electron chi connectivity index (χ4n) is 2.20. The molecular formula is C10H16O6. The van der Waals surface area contributed by atoms with E-state index in [1.807, 2.05) is 0 Å². The minimum absolute atomic E-state index is 0.203. The van der Waals surface area contributed by atoms with E-state index in [4.69, 9.17) is 23.7 Å². The minimum Gasteiger partial charge on any atom is -0.457 e. The van der Waals surface area contributed by atoms with E-state index in [2.05, 4.69) is 0 Å². The maximum absolute atomic E-state index is 11.1. The lowest BCUT2D eigenvalue weighted by Crippen LogP contribution is -2.56. The molecule has 6 heteroatoms.